The van der Waals surface area contributed by atoms with E-state index in [2.05, 4.69) is 50.8 Å². The topological polar surface area (TPSA) is 12.5 Å². The maximum atomic E-state index is 5.55. The van der Waals surface area contributed by atoms with Crippen molar-refractivity contribution in [2.45, 2.75) is 52.6 Å². The lowest BCUT2D eigenvalue weighted by Crippen LogP contribution is -2.32. The standard InChI is InChI=1S/C17H27NO/c1-5-17(6-2)13-18(7-3)16-10-9-14(11-15(16)17)12-19-8-4/h9-11H,5-8,12-13H2,1-4H3. The first-order valence-electron chi connectivity index (χ1n) is 7.66. The van der Waals surface area contributed by atoms with E-state index in [4.69, 9.17) is 4.74 Å². The molecule has 0 bridgehead atoms. The Labute approximate surface area is 117 Å². The first-order valence-corrected chi connectivity index (χ1v) is 7.66. The average molecular weight is 261 g/mol. The number of hydrogen-bond acceptors (Lipinski definition) is 2. The van der Waals surface area contributed by atoms with Gasteiger partial charge in [0.15, 0.2) is 0 Å². The van der Waals surface area contributed by atoms with Crippen LogP contribution in [0.4, 0.5) is 5.69 Å². The summed E-state index contributed by atoms with van der Waals surface area (Å²) in [5, 5.41) is 0. The summed E-state index contributed by atoms with van der Waals surface area (Å²) in [6, 6.07) is 6.90. The number of fused-ring (bicyclic) bond motifs is 1. The number of rotatable bonds is 6. The van der Waals surface area contributed by atoms with Crippen molar-refractivity contribution in [3.63, 3.8) is 0 Å². The molecule has 1 aromatic rings. The zero-order valence-corrected chi connectivity index (χ0v) is 12.8. The van der Waals surface area contributed by atoms with Gasteiger partial charge in [0.05, 0.1) is 6.61 Å². The molecule has 2 heteroatoms. The van der Waals surface area contributed by atoms with Crippen LogP contribution >= 0.6 is 0 Å². The minimum Gasteiger partial charge on any atom is -0.377 e. The molecule has 1 aliphatic heterocycles. The van der Waals surface area contributed by atoms with Gasteiger partial charge in [0.2, 0.25) is 0 Å². The molecule has 19 heavy (non-hydrogen) atoms. The molecule has 0 amide bonds. The Morgan fingerprint density at radius 1 is 1.16 bits per heavy atom. The van der Waals surface area contributed by atoms with E-state index in [1.807, 2.05) is 0 Å². The second kappa shape index (κ2) is 5.96. The van der Waals surface area contributed by atoms with Gasteiger partial charge in [-0.25, -0.2) is 0 Å². The molecule has 0 aromatic heterocycles. The Kier molecular flexibility index (Phi) is 4.51. The van der Waals surface area contributed by atoms with E-state index in [1.165, 1.54) is 36.2 Å². The van der Waals surface area contributed by atoms with Gasteiger partial charge in [0.25, 0.3) is 0 Å². The van der Waals surface area contributed by atoms with Gasteiger partial charge in [-0.1, -0.05) is 26.0 Å². The lowest BCUT2D eigenvalue weighted by Gasteiger charge is -2.28. The Morgan fingerprint density at radius 3 is 2.47 bits per heavy atom. The molecule has 1 heterocycles. The van der Waals surface area contributed by atoms with Crippen molar-refractivity contribution in [2.75, 3.05) is 24.6 Å². The van der Waals surface area contributed by atoms with Gasteiger partial charge in [-0.3, -0.25) is 0 Å². The normalized spacial score (nSPS) is 16.7. The minimum atomic E-state index is 0.341. The van der Waals surface area contributed by atoms with Crippen molar-refractivity contribution in [3.05, 3.63) is 29.3 Å². The van der Waals surface area contributed by atoms with Crippen LogP contribution in [0.25, 0.3) is 0 Å². The fourth-order valence-corrected chi connectivity index (χ4v) is 3.27. The van der Waals surface area contributed by atoms with E-state index < -0.39 is 0 Å². The van der Waals surface area contributed by atoms with Gasteiger partial charge in [-0.05, 0) is 43.9 Å². The number of benzene rings is 1. The molecule has 0 spiro atoms. The highest BCUT2D eigenvalue weighted by Crippen LogP contribution is 2.45. The average Bonchev–Trinajstić information content (AvgIpc) is 2.79. The predicted molar refractivity (Wildman–Crippen MR) is 81.9 cm³/mol. The Balaban J connectivity index is 2.38. The largest absolute Gasteiger partial charge is 0.377 e. The Bertz CT molecular complexity index is 423. The number of hydrogen-bond donors (Lipinski definition) is 0. The van der Waals surface area contributed by atoms with Crippen molar-refractivity contribution in [3.8, 4) is 0 Å². The molecular weight excluding hydrogens is 234 g/mol. The van der Waals surface area contributed by atoms with Gasteiger partial charge >= 0.3 is 0 Å². The molecule has 0 aliphatic carbocycles. The number of nitrogens with zero attached hydrogens (tertiary/aromatic N) is 1. The van der Waals surface area contributed by atoms with Crippen molar-refractivity contribution < 1.29 is 4.74 Å². The SMILES string of the molecule is CCOCc1ccc2c(c1)C(CC)(CC)CN2CC. The molecule has 1 aromatic carbocycles. The van der Waals surface area contributed by atoms with Crippen LogP contribution < -0.4 is 4.90 Å². The third-order valence-corrected chi connectivity index (χ3v) is 4.67. The van der Waals surface area contributed by atoms with Crippen molar-refractivity contribution in [1.29, 1.82) is 0 Å². The zero-order chi connectivity index (χ0) is 13.9. The van der Waals surface area contributed by atoms with Gasteiger partial charge in [0.1, 0.15) is 0 Å². The summed E-state index contributed by atoms with van der Waals surface area (Å²) in [6.07, 6.45) is 2.43. The molecule has 0 saturated heterocycles. The summed E-state index contributed by atoms with van der Waals surface area (Å²) in [6.45, 7) is 12.7. The molecule has 0 fully saturated rings. The molecular formula is C17H27NO. The highest BCUT2D eigenvalue weighted by atomic mass is 16.5. The predicted octanol–water partition coefficient (Wildman–Crippen LogP) is 4.12. The lowest BCUT2D eigenvalue weighted by atomic mass is 9.77. The molecule has 0 atom stereocenters. The Morgan fingerprint density at radius 2 is 1.89 bits per heavy atom. The van der Waals surface area contributed by atoms with Gasteiger partial charge in [-0.15, -0.1) is 0 Å². The van der Waals surface area contributed by atoms with E-state index in [-0.39, 0.29) is 0 Å². The maximum absolute atomic E-state index is 5.55. The first kappa shape index (κ1) is 14.4. The number of anilines is 1. The summed E-state index contributed by atoms with van der Waals surface area (Å²) in [5.74, 6) is 0. The highest BCUT2D eigenvalue weighted by molar-refractivity contribution is 5.63. The summed E-state index contributed by atoms with van der Waals surface area (Å²) < 4.78 is 5.55. The van der Waals surface area contributed by atoms with Gasteiger partial charge < -0.3 is 9.64 Å². The van der Waals surface area contributed by atoms with E-state index in [0.29, 0.717) is 5.41 Å². The van der Waals surface area contributed by atoms with Gasteiger partial charge in [-0.2, -0.15) is 0 Å². The minimum absolute atomic E-state index is 0.341. The first-order chi connectivity index (χ1) is 9.20. The molecule has 2 nitrogen and oxygen atoms in total. The fraction of sp³-hybridized carbons (Fsp3) is 0.647. The van der Waals surface area contributed by atoms with Crippen LogP contribution in [-0.2, 0) is 16.8 Å². The molecule has 2 rings (SSSR count). The zero-order valence-electron chi connectivity index (χ0n) is 12.8. The van der Waals surface area contributed by atoms with Crippen molar-refractivity contribution in [2.24, 2.45) is 0 Å². The second-order valence-electron chi connectivity index (χ2n) is 5.49. The molecule has 0 saturated carbocycles. The fourth-order valence-electron chi connectivity index (χ4n) is 3.27. The number of likely N-dealkylation sites (N-methyl/N-ethyl adjacent to an activating group) is 1. The van der Waals surface area contributed by atoms with E-state index >= 15 is 0 Å². The van der Waals surface area contributed by atoms with E-state index in [0.717, 1.165) is 19.8 Å². The molecule has 0 radical (unpaired) electrons. The van der Waals surface area contributed by atoms with E-state index in [9.17, 15) is 0 Å². The van der Waals surface area contributed by atoms with Crippen LogP contribution in [-0.4, -0.2) is 19.7 Å². The monoisotopic (exact) mass is 261 g/mol. The summed E-state index contributed by atoms with van der Waals surface area (Å²) in [7, 11) is 0. The molecule has 0 unspecified atom stereocenters. The third-order valence-electron chi connectivity index (χ3n) is 4.67. The van der Waals surface area contributed by atoms with Gasteiger partial charge in [0, 0.05) is 30.8 Å². The summed E-state index contributed by atoms with van der Waals surface area (Å²) >= 11 is 0. The Hall–Kier alpha value is -1.02. The third kappa shape index (κ3) is 2.51. The van der Waals surface area contributed by atoms with Crippen LogP contribution in [0.15, 0.2) is 18.2 Å². The lowest BCUT2D eigenvalue weighted by molar-refractivity contribution is 0.134. The summed E-state index contributed by atoms with van der Waals surface area (Å²) in [5.41, 5.74) is 4.63. The van der Waals surface area contributed by atoms with E-state index in [1.54, 1.807) is 0 Å². The van der Waals surface area contributed by atoms with Crippen LogP contribution in [0.2, 0.25) is 0 Å². The highest BCUT2D eigenvalue weighted by Gasteiger charge is 2.39. The van der Waals surface area contributed by atoms with Crippen LogP contribution in [0, 0.1) is 0 Å². The number of ether oxygens (including phenoxy) is 1. The summed E-state index contributed by atoms with van der Waals surface area (Å²) in [4.78, 5) is 2.52. The van der Waals surface area contributed by atoms with Crippen LogP contribution in [0.3, 0.4) is 0 Å². The smallest absolute Gasteiger partial charge is 0.0716 e. The molecule has 1 aliphatic rings. The second-order valence-corrected chi connectivity index (χ2v) is 5.49. The van der Waals surface area contributed by atoms with Crippen molar-refractivity contribution >= 4 is 5.69 Å². The molecule has 0 N–H and O–H groups in total. The quantitative estimate of drug-likeness (QED) is 0.763. The van der Waals surface area contributed by atoms with Crippen molar-refractivity contribution in [1.82, 2.24) is 0 Å². The maximum Gasteiger partial charge on any atom is 0.0716 e. The van der Waals surface area contributed by atoms with Crippen LogP contribution in [0.5, 0.6) is 0 Å². The molecule has 106 valence electrons. The van der Waals surface area contributed by atoms with Crippen LogP contribution in [0.1, 0.15) is 51.7 Å².